The molecule has 0 saturated carbocycles. The molecule has 4 aromatic rings. The van der Waals surface area contributed by atoms with Gasteiger partial charge in [-0.2, -0.15) is 5.10 Å². The average molecular weight is 381 g/mol. The van der Waals surface area contributed by atoms with E-state index in [9.17, 15) is 18.4 Å². The number of benzene rings is 2. The van der Waals surface area contributed by atoms with Crippen LogP contribution in [0.3, 0.4) is 0 Å². The minimum Gasteiger partial charge on any atom is -0.451 e. The molecule has 140 valence electrons. The molecule has 0 saturated heterocycles. The molecule has 0 bridgehead atoms. The second-order valence-corrected chi connectivity index (χ2v) is 6.10. The second-order valence-electron chi connectivity index (χ2n) is 6.10. The topological polar surface area (TPSA) is 77.1 Å². The van der Waals surface area contributed by atoms with Gasteiger partial charge in [-0.3, -0.25) is 9.59 Å². The SMILES string of the molecule is Cc1cc(NC(=O)c2cc(=O)c3ccccc3o2)n(-c2ccc(F)cc2F)n1. The molecule has 0 unspecified atom stereocenters. The van der Waals surface area contributed by atoms with E-state index in [2.05, 4.69) is 10.4 Å². The Morgan fingerprint density at radius 1 is 1.11 bits per heavy atom. The lowest BCUT2D eigenvalue weighted by molar-refractivity contribution is 0.0996. The molecular weight excluding hydrogens is 368 g/mol. The molecule has 0 aliphatic rings. The summed E-state index contributed by atoms with van der Waals surface area (Å²) in [6, 6.07) is 12.2. The summed E-state index contributed by atoms with van der Waals surface area (Å²) < 4.78 is 34.0. The highest BCUT2D eigenvalue weighted by atomic mass is 19.1. The molecule has 0 fully saturated rings. The van der Waals surface area contributed by atoms with E-state index in [1.807, 2.05) is 0 Å². The summed E-state index contributed by atoms with van der Waals surface area (Å²) in [5.74, 6) is -2.33. The summed E-state index contributed by atoms with van der Waals surface area (Å²) >= 11 is 0. The Labute approximate surface area is 157 Å². The van der Waals surface area contributed by atoms with Gasteiger partial charge >= 0.3 is 0 Å². The highest BCUT2D eigenvalue weighted by Gasteiger charge is 2.18. The molecule has 28 heavy (non-hydrogen) atoms. The summed E-state index contributed by atoms with van der Waals surface area (Å²) in [5.41, 5.74) is 0.374. The summed E-state index contributed by atoms with van der Waals surface area (Å²) in [6.07, 6.45) is 0. The fourth-order valence-corrected chi connectivity index (χ4v) is 2.82. The van der Waals surface area contributed by atoms with E-state index in [4.69, 9.17) is 4.42 Å². The standard InChI is InChI=1S/C20H13F2N3O3/c1-11-8-19(25(24-11)15-7-6-12(21)9-14(15)22)23-20(27)18-10-16(26)13-4-2-3-5-17(13)28-18/h2-10H,1H3,(H,23,27). The van der Waals surface area contributed by atoms with Gasteiger partial charge < -0.3 is 9.73 Å². The van der Waals surface area contributed by atoms with Crippen molar-refractivity contribution in [3.63, 3.8) is 0 Å². The Kier molecular flexibility index (Phi) is 4.23. The maximum atomic E-state index is 14.1. The van der Waals surface area contributed by atoms with Crippen molar-refractivity contribution < 1.29 is 18.0 Å². The zero-order chi connectivity index (χ0) is 19.8. The minimum atomic E-state index is -0.837. The van der Waals surface area contributed by atoms with Crippen LogP contribution in [0.4, 0.5) is 14.6 Å². The number of aryl methyl sites for hydroxylation is 1. The van der Waals surface area contributed by atoms with Crippen molar-refractivity contribution in [1.82, 2.24) is 9.78 Å². The van der Waals surface area contributed by atoms with Crippen LogP contribution in [0.2, 0.25) is 0 Å². The number of carbonyl (C=O) groups excluding carboxylic acids is 1. The Morgan fingerprint density at radius 2 is 1.89 bits per heavy atom. The van der Waals surface area contributed by atoms with E-state index in [0.29, 0.717) is 11.1 Å². The number of nitrogens with one attached hydrogen (secondary N) is 1. The number of fused-ring (bicyclic) bond motifs is 1. The molecule has 0 aliphatic carbocycles. The summed E-state index contributed by atoms with van der Waals surface area (Å²) in [7, 11) is 0. The highest BCUT2D eigenvalue weighted by molar-refractivity contribution is 6.02. The van der Waals surface area contributed by atoms with E-state index in [1.54, 1.807) is 31.2 Å². The molecule has 1 N–H and O–H groups in total. The quantitative estimate of drug-likeness (QED) is 0.585. The molecular formula is C20H13F2N3O3. The lowest BCUT2D eigenvalue weighted by Crippen LogP contribution is -2.17. The Balaban J connectivity index is 1.72. The average Bonchev–Trinajstić information content (AvgIpc) is 3.01. The van der Waals surface area contributed by atoms with Crippen LogP contribution in [0.15, 0.2) is 63.8 Å². The monoisotopic (exact) mass is 381 g/mol. The molecule has 6 nitrogen and oxygen atoms in total. The predicted molar refractivity (Wildman–Crippen MR) is 98.7 cm³/mol. The van der Waals surface area contributed by atoms with Crippen molar-refractivity contribution >= 4 is 22.7 Å². The molecule has 2 aromatic carbocycles. The summed E-state index contributed by atoms with van der Waals surface area (Å²) in [5, 5.41) is 7.04. The Bertz CT molecular complexity index is 1280. The highest BCUT2D eigenvalue weighted by Crippen LogP contribution is 2.21. The van der Waals surface area contributed by atoms with Gasteiger partial charge in [0.1, 0.15) is 22.9 Å². The third-order valence-electron chi connectivity index (χ3n) is 4.07. The molecule has 4 rings (SSSR count). The number of amides is 1. The van der Waals surface area contributed by atoms with Crippen LogP contribution in [-0.4, -0.2) is 15.7 Å². The first kappa shape index (κ1) is 17.6. The summed E-state index contributed by atoms with van der Waals surface area (Å²) in [6.45, 7) is 1.66. The fourth-order valence-electron chi connectivity index (χ4n) is 2.82. The van der Waals surface area contributed by atoms with Crippen LogP contribution in [0.25, 0.3) is 16.7 Å². The molecule has 8 heteroatoms. The molecule has 0 radical (unpaired) electrons. The second kappa shape index (κ2) is 6.73. The number of nitrogens with zero attached hydrogens (tertiary/aromatic N) is 2. The van der Waals surface area contributed by atoms with Crippen molar-refractivity contribution in [2.75, 3.05) is 5.32 Å². The molecule has 0 atom stereocenters. The minimum absolute atomic E-state index is 0.0373. The van der Waals surface area contributed by atoms with Gasteiger partial charge in [0.05, 0.1) is 11.1 Å². The Morgan fingerprint density at radius 3 is 2.68 bits per heavy atom. The Hall–Kier alpha value is -3.81. The van der Waals surface area contributed by atoms with E-state index in [1.165, 1.54) is 12.1 Å². The molecule has 1 amide bonds. The van der Waals surface area contributed by atoms with Gasteiger partial charge in [0.2, 0.25) is 0 Å². The first-order chi connectivity index (χ1) is 13.4. The number of carbonyl (C=O) groups is 1. The van der Waals surface area contributed by atoms with Crippen LogP contribution in [0.5, 0.6) is 0 Å². The van der Waals surface area contributed by atoms with E-state index in [0.717, 1.165) is 22.9 Å². The van der Waals surface area contributed by atoms with Crippen LogP contribution in [0.1, 0.15) is 16.2 Å². The first-order valence-corrected chi connectivity index (χ1v) is 8.29. The van der Waals surface area contributed by atoms with Crippen LogP contribution >= 0.6 is 0 Å². The number of halogens is 2. The summed E-state index contributed by atoms with van der Waals surface area (Å²) in [4.78, 5) is 24.8. The number of rotatable bonds is 3. The van der Waals surface area contributed by atoms with E-state index in [-0.39, 0.29) is 28.3 Å². The number of anilines is 1. The van der Waals surface area contributed by atoms with Crippen molar-refractivity contribution in [2.45, 2.75) is 6.92 Å². The van der Waals surface area contributed by atoms with Gasteiger partial charge in [-0.15, -0.1) is 0 Å². The van der Waals surface area contributed by atoms with Gasteiger partial charge in [0.15, 0.2) is 17.0 Å². The van der Waals surface area contributed by atoms with Crippen LogP contribution in [-0.2, 0) is 0 Å². The lowest BCUT2D eigenvalue weighted by atomic mass is 10.2. The van der Waals surface area contributed by atoms with Crippen molar-refractivity contribution in [2.24, 2.45) is 0 Å². The predicted octanol–water partition coefficient (Wildman–Crippen LogP) is 3.82. The maximum absolute atomic E-state index is 14.1. The number of para-hydroxylation sites is 1. The smallest absolute Gasteiger partial charge is 0.292 e. The van der Waals surface area contributed by atoms with Gasteiger partial charge in [0.25, 0.3) is 5.91 Å². The molecule has 0 aliphatic heterocycles. The number of aromatic nitrogens is 2. The van der Waals surface area contributed by atoms with Crippen molar-refractivity contribution in [1.29, 1.82) is 0 Å². The number of hydrogen-bond acceptors (Lipinski definition) is 4. The van der Waals surface area contributed by atoms with E-state index < -0.39 is 17.5 Å². The van der Waals surface area contributed by atoms with E-state index >= 15 is 0 Å². The van der Waals surface area contributed by atoms with Gasteiger partial charge in [-0.05, 0) is 31.2 Å². The zero-order valence-corrected chi connectivity index (χ0v) is 14.6. The molecule has 2 heterocycles. The fraction of sp³-hybridized carbons (Fsp3) is 0.0500. The largest absolute Gasteiger partial charge is 0.451 e. The van der Waals surface area contributed by atoms with Crippen molar-refractivity contribution in [3.8, 4) is 5.69 Å². The third kappa shape index (κ3) is 3.16. The van der Waals surface area contributed by atoms with Gasteiger partial charge in [-0.1, -0.05) is 12.1 Å². The number of hydrogen-bond donors (Lipinski definition) is 1. The third-order valence-corrected chi connectivity index (χ3v) is 4.07. The van der Waals surface area contributed by atoms with Crippen LogP contribution < -0.4 is 10.7 Å². The van der Waals surface area contributed by atoms with Gasteiger partial charge in [0, 0.05) is 18.2 Å². The lowest BCUT2D eigenvalue weighted by Gasteiger charge is -2.10. The molecule has 0 spiro atoms. The maximum Gasteiger partial charge on any atom is 0.292 e. The first-order valence-electron chi connectivity index (χ1n) is 8.29. The normalized spacial score (nSPS) is 11.0. The zero-order valence-electron chi connectivity index (χ0n) is 14.6. The van der Waals surface area contributed by atoms with Gasteiger partial charge in [-0.25, -0.2) is 13.5 Å². The van der Waals surface area contributed by atoms with Crippen LogP contribution in [0, 0.1) is 18.6 Å². The molecule has 2 aromatic heterocycles. The van der Waals surface area contributed by atoms with Crippen molar-refractivity contribution in [3.05, 3.63) is 87.9 Å².